The number of rotatable bonds is 3. The fourth-order valence-corrected chi connectivity index (χ4v) is 4.52. The van der Waals surface area contributed by atoms with Crippen molar-refractivity contribution in [1.29, 1.82) is 5.26 Å². The second-order valence-electron chi connectivity index (χ2n) is 7.74. The smallest absolute Gasteiger partial charge is 0.220 e. The van der Waals surface area contributed by atoms with Gasteiger partial charge in [-0.3, -0.25) is 9.78 Å². The molecule has 0 unspecified atom stereocenters. The molecule has 1 fully saturated rings. The molecule has 1 amide bonds. The first kappa shape index (κ1) is 19.3. The largest absolute Gasteiger partial charge is 0.396 e. The van der Waals surface area contributed by atoms with Gasteiger partial charge in [0, 0.05) is 46.4 Å². The topological polar surface area (TPSA) is 111 Å². The molecule has 0 aliphatic heterocycles. The van der Waals surface area contributed by atoms with Crippen molar-refractivity contribution in [1.82, 2.24) is 9.55 Å². The SMILES string of the molecule is Cc1cc2c(cc1C#N)c(-c1cncc(N)c1Cl)cn2[C@H]1CC[C@H](C(N)=O)CC1. The molecule has 1 aromatic carbocycles. The number of amides is 1. The van der Waals surface area contributed by atoms with Gasteiger partial charge in [-0.1, -0.05) is 11.6 Å². The highest BCUT2D eigenvalue weighted by Gasteiger charge is 2.27. The molecule has 0 saturated heterocycles. The maximum absolute atomic E-state index is 11.5. The fraction of sp³-hybridized carbons (Fsp3) is 0.318. The summed E-state index contributed by atoms with van der Waals surface area (Å²) in [5.41, 5.74) is 16.1. The molecule has 1 aliphatic rings. The molecule has 6 nitrogen and oxygen atoms in total. The normalized spacial score (nSPS) is 19.2. The van der Waals surface area contributed by atoms with Crippen molar-refractivity contribution in [2.45, 2.75) is 38.6 Å². The van der Waals surface area contributed by atoms with Crippen LogP contribution in [-0.4, -0.2) is 15.5 Å². The van der Waals surface area contributed by atoms with Gasteiger partial charge in [0.1, 0.15) is 0 Å². The first-order chi connectivity index (χ1) is 13.9. The Kier molecular flexibility index (Phi) is 4.93. The third-order valence-corrected chi connectivity index (χ3v) is 6.41. The van der Waals surface area contributed by atoms with Crippen molar-refractivity contribution in [2.75, 3.05) is 5.73 Å². The number of halogens is 1. The number of nitrogens with zero attached hydrogens (tertiary/aromatic N) is 3. The zero-order valence-corrected chi connectivity index (χ0v) is 16.9. The monoisotopic (exact) mass is 407 g/mol. The molecule has 2 heterocycles. The van der Waals surface area contributed by atoms with E-state index < -0.39 is 0 Å². The number of benzene rings is 1. The molecule has 1 aliphatic carbocycles. The molecule has 7 heteroatoms. The van der Waals surface area contributed by atoms with E-state index in [0.29, 0.717) is 16.3 Å². The van der Waals surface area contributed by atoms with E-state index in [0.717, 1.165) is 53.3 Å². The molecule has 0 bridgehead atoms. The van der Waals surface area contributed by atoms with Crippen LogP contribution in [0.4, 0.5) is 5.69 Å². The number of nitrogen functional groups attached to an aromatic ring is 1. The van der Waals surface area contributed by atoms with Crippen molar-refractivity contribution >= 4 is 34.1 Å². The number of hydrogen-bond donors (Lipinski definition) is 2. The van der Waals surface area contributed by atoms with Crippen molar-refractivity contribution in [2.24, 2.45) is 11.7 Å². The molecule has 1 saturated carbocycles. The van der Waals surface area contributed by atoms with E-state index in [2.05, 4.69) is 21.8 Å². The summed E-state index contributed by atoms with van der Waals surface area (Å²) in [6.45, 7) is 1.94. The van der Waals surface area contributed by atoms with Crippen molar-refractivity contribution in [3.05, 3.63) is 46.9 Å². The standard InChI is InChI=1S/C22H22ClN5O/c1-12-6-20-16(7-14(12)8-24)18(17-9-27-10-19(25)21(17)23)11-28(20)15-4-2-13(3-5-15)22(26)29/h6-7,9-11,13,15H,2-5,25H2,1H3,(H2,26,29)/t13-,15-. The number of anilines is 1. The molecular weight excluding hydrogens is 386 g/mol. The Morgan fingerprint density at radius 2 is 1.97 bits per heavy atom. The van der Waals surface area contributed by atoms with E-state index >= 15 is 0 Å². The quantitative estimate of drug-likeness (QED) is 0.672. The van der Waals surface area contributed by atoms with Crippen LogP contribution in [0.25, 0.3) is 22.0 Å². The van der Waals surface area contributed by atoms with Crippen molar-refractivity contribution in [3.63, 3.8) is 0 Å². The van der Waals surface area contributed by atoms with Crippen LogP contribution >= 0.6 is 11.6 Å². The van der Waals surface area contributed by atoms with Crippen LogP contribution < -0.4 is 11.5 Å². The van der Waals surface area contributed by atoms with Crippen LogP contribution in [0.15, 0.2) is 30.7 Å². The zero-order chi connectivity index (χ0) is 20.7. The van der Waals surface area contributed by atoms with Gasteiger partial charge in [-0.25, -0.2) is 0 Å². The van der Waals surface area contributed by atoms with Gasteiger partial charge in [0.2, 0.25) is 5.91 Å². The van der Waals surface area contributed by atoms with Crippen LogP contribution in [0.2, 0.25) is 5.02 Å². The molecule has 3 aromatic rings. The Bertz CT molecular complexity index is 1150. The van der Waals surface area contributed by atoms with E-state index in [1.54, 1.807) is 6.20 Å². The molecule has 0 atom stereocenters. The summed E-state index contributed by atoms with van der Waals surface area (Å²) in [5.74, 6) is -0.263. The van der Waals surface area contributed by atoms with Gasteiger partial charge in [0.25, 0.3) is 0 Å². The van der Waals surface area contributed by atoms with E-state index in [9.17, 15) is 10.1 Å². The number of pyridine rings is 1. The number of primary amides is 1. The lowest BCUT2D eigenvalue weighted by molar-refractivity contribution is -0.122. The lowest BCUT2D eigenvalue weighted by Gasteiger charge is -2.28. The predicted molar refractivity (Wildman–Crippen MR) is 114 cm³/mol. The van der Waals surface area contributed by atoms with E-state index in [-0.39, 0.29) is 17.9 Å². The fourth-order valence-electron chi connectivity index (χ4n) is 4.32. The van der Waals surface area contributed by atoms with Gasteiger partial charge in [0.15, 0.2) is 0 Å². The maximum Gasteiger partial charge on any atom is 0.220 e. The first-order valence-electron chi connectivity index (χ1n) is 9.64. The van der Waals surface area contributed by atoms with Crippen LogP contribution in [0.5, 0.6) is 0 Å². The van der Waals surface area contributed by atoms with Gasteiger partial charge in [-0.2, -0.15) is 5.26 Å². The Morgan fingerprint density at radius 3 is 2.62 bits per heavy atom. The van der Waals surface area contributed by atoms with E-state index in [4.69, 9.17) is 23.1 Å². The third kappa shape index (κ3) is 3.32. The predicted octanol–water partition coefficient (Wildman–Crippen LogP) is 4.34. The molecule has 4 N–H and O–H groups in total. The van der Waals surface area contributed by atoms with Gasteiger partial charge < -0.3 is 16.0 Å². The van der Waals surface area contributed by atoms with Gasteiger partial charge in [-0.05, 0) is 50.3 Å². The average molecular weight is 408 g/mol. The van der Waals surface area contributed by atoms with Crippen molar-refractivity contribution in [3.8, 4) is 17.2 Å². The molecule has 29 heavy (non-hydrogen) atoms. The highest BCUT2D eigenvalue weighted by Crippen LogP contribution is 2.41. The number of nitriles is 1. The minimum absolute atomic E-state index is 0.0490. The summed E-state index contributed by atoms with van der Waals surface area (Å²) in [5, 5.41) is 10.9. The molecule has 0 spiro atoms. The summed E-state index contributed by atoms with van der Waals surface area (Å²) in [6, 6.07) is 6.47. The van der Waals surface area contributed by atoms with Gasteiger partial charge in [0.05, 0.1) is 28.5 Å². The summed E-state index contributed by atoms with van der Waals surface area (Å²) in [7, 11) is 0. The number of aromatic nitrogens is 2. The van der Waals surface area contributed by atoms with Crippen LogP contribution in [0.1, 0.15) is 42.9 Å². The molecular formula is C22H22ClN5O. The maximum atomic E-state index is 11.5. The highest BCUT2D eigenvalue weighted by atomic mass is 35.5. The Labute approximate surface area is 174 Å². The molecule has 4 rings (SSSR count). The third-order valence-electron chi connectivity index (χ3n) is 5.99. The second-order valence-corrected chi connectivity index (χ2v) is 8.12. The lowest BCUT2D eigenvalue weighted by Crippen LogP contribution is -2.28. The van der Waals surface area contributed by atoms with E-state index in [1.807, 2.05) is 19.1 Å². The highest BCUT2D eigenvalue weighted by molar-refractivity contribution is 6.36. The first-order valence-corrected chi connectivity index (χ1v) is 10.0. The second kappa shape index (κ2) is 7.41. The number of aryl methyl sites for hydroxylation is 1. The van der Waals surface area contributed by atoms with Crippen molar-refractivity contribution < 1.29 is 4.79 Å². The van der Waals surface area contributed by atoms with Crippen LogP contribution in [-0.2, 0) is 4.79 Å². The molecule has 0 radical (unpaired) electrons. The number of carbonyl (C=O) groups excluding carboxylic acids is 1. The summed E-state index contributed by atoms with van der Waals surface area (Å²) in [6.07, 6.45) is 8.62. The van der Waals surface area contributed by atoms with Crippen LogP contribution in [0, 0.1) is 24.2 Å². The summed E-state index contributed by atoms with van der Waals surface area (Å²) >= 11 is 6.49. The molecule has 148 valence electrons. The number of hydrogen-bond acceptors (Lipinski definition) is 4. The number of carbonyl (C=O) groups is 1. The number of nitrogens with two attached hydrogens (primary N) is 2. The minimum Gasteiger partial charge on any atom is -0.396 e. The van der Waals surface area contributed by atoms with Crippen LogP contribution in [0.3, 0.4) is 0 Å². The number of fused-ring (bicyclic) bond motifs is 1. The molecule has 2 aromatic heterocycles. The lowest BCUT2D eigenvalue weighted by atomic mass is 9.85. The Morgan fingerprint density at radius 1 is 1.24 bits per heavy atom. The zero-order valence-electron chi connectivity index (χ0n) is 16.2. The van der Waals surface area contributed by atoms with E-state index in [1.165, 1.54) is 6.20 Å². The van der Waals surface area contributed by atoms with Gasteiger partial charge >= 0.3 is 0 Å². The Hall–Kier alpha value is -3.04. The minimum atomic E-state index is -0.214. The summed E-state index contributed by atoms with van der Waals surface area (Å²) in [4.78, 5) is 15.7. The van der Waals surface area contributed by atoms with Gasteiger partial charge in [-0.15, -0.1) is 0 Å². The average Bonchev–Trinajstić information content (AvgIpc) is 3.07. The Balaban J connectivity index is 1.88. The summed E-state index contributed by atoms with van der Waals surface area (Å²) < 4.78 is 2.25.